The Morgan fingerprint density at radius 2 is 1.20 bits per heavy atom. The molecule has 0 aromatic heterocycles. The Bertz CT molecular complexity index is 1700. The zero-order chi connectivity index (χ0) is 32.2. The second-order valence-electron chi connectivity index (χ2n) is 13.4. The predicted molar refractivity (Wildman–Crippen MR) is 184 cm³/mol. The lowest BCUT2D eigenvalue weighted by Crippen LogP contribution is -2.36. The molecule has 6 rings (SSSR count). The van der Waals surface area contributed by atoms with Crippen LogP contribution >= 0.6 is 0 Å². The standard InChI is InChI=1S/C34H48N6O3S2/c1-37(2)45(7,43)40(5)34(42)36-32-28-18-10-16-26(28)30(27-17-11-19-29(27)32)21-38(3)44(6)39(4)33(41)35-31-24-14-8-12-22(24)20-23-13-9-15-25(23)31/h20H,8-19,21H2,1-7H3/p+2. The zero-order valence-corrected chi connectivity index (χ0v) is 29.7. The van der Waals surface area contributed by atoms with E-state index in [4.69, 9.17) is 0 Å². The van der Waals surface area contributed by atoms with E-state index in [9.17, 15) is 13.8 Å². The Hall–Kier alpha value is -2.60. The molecule has 0 fully saturated rings. The van der Waals surface area contributed by atoms with Crippen molar-refractivity contribution in [3.05, 3.63) is 56.1 Å². The van der Waals surface area contributed by atoms with Crippen LogP contribution in [0.5, 0.6) is 0 Å². The van der Waals surface area contributed by atoms with Gasteiger partial charge in [0.1, 0.15) is 11.4 Å². The quantitative estimate of drug-likeness (QED) is 0.428. The minimum atomic E-state index is -2.64. The highest BCUT2D eigenvalue weighted by atomic mass is 32.2. The number of carbonyl (C=O) groups is 2. The lowest BCUT2D eigenvalue weighted by molar-refractivity contribution is -0.366. The summed E-state index contributed by atoms with van der Waals surface area (Å²) in [5, 5.41) is 6.58. The molecule has 2 aromatic rings. The number of benzene rings is 2. The maximum absolute atomic E-state index is 13.7. The van der Waals surface area contributed by atoms with E-state index in [1.807, 2.05) is 11.0 Å². The van der Waals surface area contributed by atoms with Crippen LogP contribution in [0.2, 0.25) is 0 Å². The van der Waals surface area contributed by atoms with Gasteiger partial charge in [0.15, 0.2) is 9.92 Å². The summed E-state index contributed by atoms with van der Waals surface area (Å²) in [6.45, 7) is 0.759. The van der Waals surface area contributed by atoms with E-state index in [-0.39, 0.29) is 12.1 Å². The smallest absolute Gasteiger partial charge is 0.224 e. The first-order valence-corrected chi connectivity index (χ1v) is 19.8. The summed E-state index contributed by atoms with van der Waals surface area (Å²) in [5.74, 6) is 0. The van der Waals surface area contributed by atoms with Crippen molar-refractivity contribution < 1.29 is 21.7 Å². The number of rotatable bonds is 6. The number of carbonyl (C=O) groups excluding carboxylic acids is 2. The molecule has 11 heteroatoms. The van der Waals surface area contributed by atoms with Crippen molar-refractivity contribution in [1.29, 1.82) is 0 Å². The molecule has 0 saturated heterocycles. The van der Waals surface area contributed by atoms with Gasteiger partial charge in [-0.25, -0.2) is 23.5 Å². The number of aryl methyl sites for hydroxylation is 2. The van der Waals surface area contributed by atoms with Gasteiger partial charge in [-0.05, 0) is 105 Å². The number of fused-ring (bicyclic) bond motifs is 4. The van der Waals surface area contributed by atoms with Crippen LogP contribution in [0, 0.1) is 0 Å². The molecule has 0 heterocycles. The fourth-order valence-corrected chi connectivity index (χ4v) is 9.66. The molecule has 0 spiro atoms. The molecule has 9 nitrogen and oxygen atoms in total. The van der Waals surface area contributed by atoms with Crippen molar-refractivity contribution in [3.8, 4) is 0 Å². The number of hydrogen-bond donors (Lipinski definition) is 2. The summed E-state index contributed by atoms with van der Waals surface area (Å²) in [6.07, 6.45) is 16.4. The highest BCUT2D eigenvalue weighted by Crippen LogP contribution is 2.43. The summed E-state index contributed by atoms with van der Waals surface area (Å²) in [6, 6.07) is 2.03. The largest absolute Gasteiger partial charge is 0.505 e. The van der Waals surface area contributed by atoms with E-state index in [2.05, 4.69) is 34.3 Å². The van der Waals surface area contributed by atoms with E-state index in [1.165, 1.54) is 66.9 Å². The van der Waals surface area contributed by atoms with Crippen LogP contribution in [0.1, 0.15) is 75.8 Å². The minimum absolute atomic E-state index is 0.0371. The molecule has 0 radical (unpaired) electrons. The van der Waals surface area contributed by atoms with Crippen LogP contribution in [0.4, 0.5) is 21.0 Å². The van der Waals surface area contributed by atoms with Crippen molar-refractivity contribution in [2.45, 2.75) is 83.6 Å². The third kappa shape index (κ3) is 5.79. The molecule has 244 valence electrons. The van der Waals surface area contributed by atoms with E-state index >= 15 is 0 Å². The number of hydrogen-bond acceptors (Lipinski definition) is 3. The lowest BCUT2D eigenvalue weighted by Gasteiger charge is -2.23. The Morgan fingerprint density at radius 3 is 1.73 bits per heavy atom. The fourth-order valence-electron chi connectivity index (χ4n) is 7.79. The van der Waals surface area contributed by atoms with Crippen LogP contribution in [0.15, 0.2) is 6.07 Å². The van der Waals surface area contributed by atoms with Crippen LogP contribution in [0.3, 0.4) is 0 Å². The fraction of sp³-hybridized carbons (Fsp3) is 0.588. The second-order valence-corrected chi connectivity index (χ2v) is 18.2. The molecule has 2 atom stereocenters. The lowest BCUT2D eigenvalue weighted by atomic mass is 9.92. The molecule has 0 saturated carbocycles. The van der Waals surface area contributed by atoms with Gasteiger partial charge in [-0.15, -0.1) is 3.95 Å². The SMILES string of the molecule is CN(Cc1c2c(c(NC(=O)[N+](C)=S(C)(=O)N(C)C)c3c1CCC3)CCC2)S(C)=[N+](C)C(=O)Nc1c2c(cc3c1CCC3)CCC2. The highest BCUT2D eigenvalue weighted by molar-refractivity contribution is 7.88. The number of nitrogens with one attached hydrogen (secondary N) is 2. The van der Waals surface area contributed by atoms with E-state index in [0.717, 1.165) is 82.1 Å². The topological polar surface area (TPSA) is 87.8 Å². The van der Waals surface area contributed by atoms with Crippen molar-refractivity contribution >= 4 is 44.2 Å². The van der Waals surface area contributed by atoms with Crippen molar-refractivity contribution in [2.24, 2.45) is 0 Å². The summed E-state index contributed by atoms with van der Waals surface area (Å²) >= 11 is 0. The average Bonchev–Trinajstić information content (AvgIpc) is 3.83. The van der Waals surface area contributed by atoms with Crippen LogP contribution < -0.4 is 10.6 Å². The van der Waals surface area contributed by atoms with Crippen LogP contribution in [-0.2, 0) is 78.7 Å². The normalized spacial score (nSPS) is 18.7. The van der Waals surface area contributed by atoms with Crippen molar-refractivity contribution in [3.63, 3.8) is 0 Å². The Morgan fingerprint density at radius 1 is 0.756 bits per heavy atom. The van der Waals surface area contributed by atoms with Crippen LogP contribution in [-0.4, -0.2) is 80.5 Å². The number of urea groups is 2. The number of amides is 4. The van der Waals surface area contributed by atoms with E-state index in [0.29, 0.717) is 0 Å². The third-order valence-corrected chi connectivity index (χ3v) is 15.2. The summed E-state index contributed by atoms with van der Waals surface area (Å²) in [4.78, 5) is 27.1. The molecule has 2 aromatic carbocycles. The summed E-state index contributed by atoms with van der Waals surface area (Å²) in [7, 11) is 6.02. The highest BCUT2D eigenvalue weighted by Gasteiger charge is 2.34. The third-order valence-electron chi connectivity index (χ3n) is 10.7. The summed E-state index contributed by atoms with van der Waals surface area (Å²) < 4.78 is 20.3. The van der Waals surface area contributed by atoms with Gasteiger partial charge in [0, 0.05) is 67.1 Å². The molecule has 2 N–H and O–H groups in total. The maximum atomic E-state index is 13.7. The first-order valence-electron chi connectivity index (χ1n) is 16.4. The minimum Gasteiger partial charge on any atom is -0.224 e. The molecule has 0 aliphatic heterocycles. The van der Waals surface area contributed by atoms with Gasteiger partial charge in [0.05, 0.1) is 20.4 Å². The predicted octanol–water partition coefficient (Wildman–Crippen LogP) is 5.04. The second kappa shape index (κ2) is 12.5. The zero-order valence-electron chi connectivity index (χ0n) is 28.1. The number of nitrogens with zero attached hydrogens (tertiary/aromatic N) is 4. The van der Waals surface area contributed by atoms with Gasteiger partial charge >= 0.3 is 12.1 Å². The maximum Gasteiger partial charge on any atom is 0.505 e. The number of anilines is 2. The van der Waals surface area contributed by atoms with Crippen molar-refractivity contribution in [1.82, 2.24) is 8.61 Å². The van der Waals surface area contributed by atoms with Crippen molar-refractivity contribution in [2.75, 3.05) is 58.4 Å². The molecule has 0 bridgehead atoms. The molecule has 45 heavy (non-hydrogen) atoms. The monoisotopic (exact) mass is 654 g/mol. The van der Waals surface area contributed by atoms with Crippen LogP contribution in [0.25, 0.3) is 0 Å². The molecule has 4 aliphatic rings. The van der Waals surface area contributed by atoms with Gasteiger partial charge in [-0.2, -0.15) is 13.5 Å². The molecular weight excluding hydrogens is 605 g/mol. The van der Waals surface area contributed by atoms with Gasteiger partial charge in [-0.3, -0.25) is 0 Å². The molecule has 4 aliphatic carbocycles. The Labute approximate surface area is 271 Å². The van der Waals surface area contributed by atoms with Gasteiger partial charge in [0.2, 0.25) is 0 Å². The molecule has 2 unspecified atom stereocenters. The summed E-state index contributed by atoms with van der Waals surface area (Å²) in [5.41, 5.74) is 14.2. The van der Waals surface area contributed by atoms with Gasteiger partial charge in [0.25, 0.3) is 0 Å². The van der Waals surface area contributed by atoms with Gasteiger partial charge < -0.3 is 0 Å². The average molecular weight is 655 g/mol. The Kier molecular flexibility index (Phi) is 9.02. The first-order chi connectivity index (χ1) is 21.4. The Balaban J connectivity index is 1.28. The van der Waals surface area contributed by atoms with E-state index < -0.39 is 20.8 Å². The van der Waals surface area contributed by atoms with Gasteiger partial charge in [-0.1, -0.05) is 6.07 Å². The molecular formula is C34H50N6O3S2+2. The first kappa shape index (κ1) is 32.3. The molecule has 4 amide bonds. The van der Waals surface area contributed by atoms with E-state index in [1.54, 1.807) is 31.7 Å².